The van der Waals surface area contributed by atoms with Gasteiger partial charge in [0.2, 0.25) is 0 Å². The molecule has 0 aromatic rings. The first kappa shape index (κ1) is 29.9. The van der Waals surface area contributed by atoms with Crippen LogP contribution in [0.4, 0.5) is 0 Å². The summed E-state index contributed by atoms with van der Waals surface area (Å²) in [6.07, 6.45) is 4.64. The number of aliphatic hydroxyl groups is 1. The number of carbonyl (C=O) groups excluding carboxylic acids is 2. The fraction of sp³-hybridized carbons (Fsp3) is 0.935. The Kier molecular flexibility index (Phi) is 8.33. The van der Waals surface area contributed by atoms with E-state index in [0.29, 0.717) is 25.2 Å². The van der Waals surface area contributed by atoms with Gasteiger partial charge in [-0.2, -0.15) is 0 Å². The summed E-state index contributed by atoms with van der Waals surface area (Å²) < 4.78 is 25.5. The second-order valence-electron chi connectivity index (χ2n) is 14.5. The molecule has 13 atom stereocenters. The first-order valence-electron chi connectivity index (χ1n) is 16.1. The van der Waals surface area contributed by atoms with Crippen LogP contribution in [-0.2, 0) is 28.5 Å². The number of hydrogen-bond acceptors (Lipinski definition) is 10. The number of nitrogens with two attached hydrogens (primary N) is 1. The van der Waals surface area contributed by atoms with Crippen molar-refractivity contribution in [3.05, 3.63) is 0 Å². The topological polar surface area (TPSA) is 145 Å². The molecule has 0 aromatic carbocycles. The Morgan fingerprint density at radius 2 is 1.88 bits per heavy atom. The number of aliphatic hydroxyl groups excluding tert-OH is 1. The van der Waals surface area contributed by atoms with Gasteiger partial charge in [-0.25, -0.2) is 4.79 Å². The molecular weight excluding hydrogens is 526 g/mol. The summed E-state index contributed by atoms with van der Waals surface area (Å²) in [5, 5.41) is 18.4. The van der Waals surface area contributed by atoms with Crippen molar-refractivity contribution in [1.29, 1.82) is 0 Å². The summed E-state index contributed by atoms with van der Waals surface area (Å²) in [5.41, 5.74) is 4.45. The molecular formula is C31H51N3O7. The maximum atomic E-state index is 14.0. The van der Waals surface area contributed by atoms with Crippen molar-refractivity contribution in [3.8, 4) is 0 Å². The number of hydrogen-bond donors (Lipinski definition) is 4. The number of ketones is 1. The van der Waals surface area contributed by atoms with E-state index in [-0.39, 0.29) is 60.1 Å². The first-order valence-corrected chi connectivity index (χ1v) is 16.1. The van der Waals surface area contributed by atoms with Crippen LogP contribution in [0.5, 0.6) is 0 Å². The van der Waals surface area contributed by atoms with E-state index in [0.717, 1.165) is 51.6 Å². The first-order chi connectivity index (χ1) is 19.5. The molecule has 1 spiro atoms. The molecule has 1 aliphatic carbocycles. The van der Waals surface area contributed by atoms with Crippen LogP contribution in [0.15, 0.2) is 0 Å². The van der Waals surface area contributed by atoms with Gasteiger partial charge in [-0.3, -0.25) is 4.79 Å². The summed E-state index contributed by atoms with van der Waals surface area (Å²) in [6.45, 7) is 7.63. The second-order valence-corrected chi connectivity index (χ2v) is 14.5. The van der Waals surface area contributed by atoms with E-state index < -0.39 is 29.3 Å². The van der Waals surface area contributed by atoms with Crippen molar-refractivity contribution in [2.75, 3.05) is 20.1 Å². The Balaban J connectivity index is 1.24. The lowest BCUT2D eigenvalue weighted by Gasteiger charge is -2.57. The van der Waals surface area contributed by atoms with Crippen LogP contribution in [0.2, 0.25) is 0 Å². The number of piperidine rings is 1. The Labute approximate surface area is 244 Å². The number of epoxide rings is 1. The van der Waals surface area contributed by atoms with Crippen LogP contribution in [0, 0.1) is 29.6 Å². The van der Waals surface area contributed by atoms with Crippen molar-refractivity contribution in [1.82, 2.24) is 10.6 Å². The van der Waals surface area contributed by atoms with Gasteiger partial charge in [-0.1, -0.05) is 0 Å². The molecule has 232 valence electrons. The van der Waals surface area contributed by atoms with E-state index in [1.54, 1.807) is 0 Å². The summed E-state index contributed by atoms with van der Waals surface area (Å²) >= 11 is 0. The van der Waals surface area contributed by atoms with Crippen LogP contribution in [-0.4, -0.2) is 91.0 Å². The Morgan fingerprint density at radius 1 is 1.07 bits per heavy atom. The lowest BCUT2D eigenvalue weighted by molar-refractivity contribution is -0.279. The highest BCUT2D eigenvalue weighted by Crippen LogP contribution is 2.54. The van der Waals surface area contributed by atoms with Gasteiger partial charge in [0.25, 0.3) is 0 Å². The van der Waals surface area contributed by atoms with Crippen LogP contribution in [0.3, 0.4) is 0 Å². The minimum absolute atomic E-state index is 0.0404. The molecule has 0 radical (unpaired) electrons. The summed E-state index contributed by atoms with van der Waals surface area (Å²) in [4.78, 5) is 27.1. The van der Waals surface area contributed by atoms with Crippen molar-refractivity contribution in [2.24, 2.45) is 35.3 Å². The maximum Gasteiger partial charge on any atom is 0.341 e. The number of carbonyl (C=O) groups is 2. The van der Waals surface area contributed by atoms with Crippen LogP contribution < -0.4 is 16.4 Å². The molecule has 5 aliphatic heterocycles. The lowest BCUT2D eigenvalue weighted by atomic mass is 9.61. The summed E-state index contributed by atoms with van der Waals surface area (Å²) in [6, 6.07) is 0. The standard InChI is InChI=1S/C31H51N3O7/c1-16-11-20(35)26-21(38-16)14-22-25(27(26)36)19-12-18(15-33-4)7-9-31(29(37)39-28(19)30(2,3)40-22)23(41-31)6-5-17-8-10-34-24(32)13-17/h16-19,21-28,33-34,36H,5-15,32H2,1-4H3/t16?,17?,18-,19-,21?,22?,23-,24?,25?,26?,27?,28-,31-/m1/s1. The molecule has 6 rings (SSSR count). The average Bonchev–Trinajstić information content (AvgIpc) is 3.60. The van der Waals surface area contributed by atoms with Crippen LogP contribution in [0.25, 0.3) is 0 Å². The van der Waals surface area contributed by atoms with Gasteiger partial charge in [0.1, 0.15) is 17.5 Å². The molecule has 5 saturated heterocycles. The lowest BCUT2D eigenvalue weighted by Crippen LogP contribution is -2.67. The van der Waals surface area contributed by atoms with E-state index in [9.17, 15) is 14.7 Å². The van der Waals surface area contributed by atoms with Gasteiger partial charge in [0, 0.05) is 24.7 Å². The molecule has 5 heterocycles. The highest BCUT2D eigenvalue weighted by molar-refractivity contribution is 5.84. The minimum atomic E-state index is -0.914. The average molecular weight is 578 g/mol. The predicted molar refractivity (Wildman–Crippen MR) is 151 cm³/mol. The SMILES string of the molecule is CNC[C@@H]1CC[C@]2(O[C@@H]2CCC2CCNC(N)C2)C(=O)O[C@@H]2[C@H](C1)C1C(CC3OC(C)CC(=O)C3C1O)OC2(C)C. The number of nitrogens with one attached hydrogen (secondary N) is 2. The van der Waals surface area contributed by atoms with Crippen molar-refractivity contribution >= 4 is 11.8 Å². The zero-order valence-electron chi connectivity index (χ0n) is 25.2. The third kappa shape index (κ3) is 5.63. The monoisotopic (exact) mass is 577 g/mol. The molecule has 6 aliphatic rings. The fourth-order valence-corrected chi connectivity index (χ4v) is 9.16. The van der Waals surface area contributed by atoms with E-state index in [4.69, 9.17) is 24.7 Å². The predicted octanol–water partition coefficient (Wildman–Crippen LogP) is 1.66. The second kappa shape index (κ2) is 11.4. The molecule has 0 aromatic heterocycles. The van der Waals surface area contributed by atoms with Crippen molar-refractivity contribution in [3.63, 3.8) is 0 Å². The number of Topliss-reactive ketones (excluding diaryl/α,β-unsaturated/α-hetero) is 1. The van der Waals surface area contributed by atoms with Gasteiger partial charge >= 0.3 is 5.97 Å². The number of ether oxygens (including phenoxy) is 4. The zero-order chi connectivity index (χ0) is 29.1. The van der Waals surface area contributed by atoms with Gasteiger partial charge in [0.05, 0.1) is 42.6 Å². The molecule has 10 heteroatoms. The Morgan fingerprint density at radius 3 is 2.63 bits per heavy atom. The third-order valence-corrected chi connectivity index (χ3v) is 11.1. The third-order valence-electron chi connectivity index (χ3n) is 11.1. The summed E-state index contributed by atoms with van der Waals surface area (Å²) in [7, 11) is 1.96. The molecule has 0 bridgehead atoms. The minimum Gasteiger partial charge on any atom is -0.457 e. The smallest absolute Gasteiger partial charge is 0.341 e. The highest BCUT2D eigenvalue weighted by Gasteiger charge is 2.66. The van der Waals surface area contributed by atoms with E-state index >= 15 is 0 Å². The van der Waals surface area contributed by atoms with Gasteiger partial charge in [0.15, 0.2) is 5.60 Å². The highest BCUT2D eigenvalue weighted by atomic mass is 16.7. The molecule has 1 saturated carbocycles. The van der Waals surface area contributed by atoms with E-state index in [2.05, 4.69) is 10.6 Å². The molecule has 5 N–H and O–H groups in total. The fourth-order valence-electron chi connectivity index (χ4n) is 9.16. The van der Waals surface area contributed by atoms with Gasteiger partial charge in [-0.05, 0) is 97.7 Å². The zero-order valence-corrected chi connectivity index (χ0v) is 25.2. The number of fused-ring (bicyclic) bond motifs is 4. The molecule has 8 unspecified atom stereocenters. The largest absolute Gasteiger partial charge is 0.457 e. The van der Waals surface area contributed by atoms with Gasteiger partial charge in [-0.15, -0.1) is 0 Å². The molecule has 41 heavy (non-hydrogen) atoms. The van der Waals surface area contributed by atoms with Crippen LogP contribution in [0.1, 0.15) is 78.6 Å². The maximum absolute atomic E-state index is 14.0. The normalized spacial score (nSPS) is 49.5. The quantitative estimate of drug-likeness (QED) is 0.281. The number of esters is 1. The molecule has 0 amide bonds. The number of rotatable bonds is 5. The molecule has 10 nitrogen and oxygen atoms in total. The van der Waals surface area contributed by atoms with Crippen molar-refractivity contribution in [2.45, 2.75) is 133 Å². The van der Waals surface area contributed by atoms with E-state index in [1.165, 1.54) is 0 Å². The molecule has 6 fully saturated rings. The van der Waals surface area contributed by atoms with Crippen molar-refractivity contribution < 1.29 is 33.6 Å². The van der Waals surface area contributed by atoms with Crippen LogP contribution >= 0.6 is 0 Å². The van der Waals surface area contributed by atoms with E-state index in [1.807, 2.05) is 27.8 Å². The Bertz CT molecular complexity index is 995. The Hall–Kier alpha value is -1.14. The van der Waals surface area contributed by atoms with Gasteiger partial charge < -0.3 is 40.4 Å². The summed E-state index contributed by atoms with van der Waals surface area (Å²) in [5.74, 6) is -0.438.